The molecule has 0 bridgehead atoms. The quantitative estimate of drug-likeness (QED) is 0.720. The van der Waals surface area contributed by atoms with Crippen molar-refractivity contribution in [2.75, 3.05) is 18.6 Å². The molecular formula is C21H22F2N2O4. The Morgan fingerprint density at radius 3 is 2.14 bits per heavy atom. The maximum atomic E-state index is 13.8. The molecule has 0 saturated carbocycles. The summed E-state index contributed by atoms with van der Waals surface area (Å²) in [5.41, 5.74) is -0.164. The molecule has 0 fully saturated rings. The normalized spacial score (nSPS) is 11.7. The molecule has 0 unspecified atom stereocenters. The minimum atomic E-state index is -1.18. The lowest BCUT2D eigenvalue weighted by molar-refractivity contribution is -0.150. The van der Waals surface area contributed by atoms with Crippen molar-refractivity contribution in [1.82, 2.24) is 5.32 Å². The van der Waals surface area contributed by atoms with E-state index < -0.39 is 53.5 Å². The zero-order valence-electron chi connectivity index (χ0n) is 16.3. The van der Waals surface area contributed by atoms with E-state index in [0.717, 1.165) is 18.2 Å². The number of nitrogens with one attached hydrogen (secondary N) is 1. The smallest absolute Gasteiger partial charge is 0.329 e. The van der Waals surface area contributed by atoms with Gasteiger partial charge in [0.2, 0.25) is 0 Å². The lowest BCUT2D eigenvalue weighted by Gasteiger charge is -2.22. The molecule has 0 aromatic heterocycles. The number of carbonyl (C=O) groups excluding carboxylic acids is 3. The highest BCUT2D eigenvalue weighted by Crippen LogP contribution is 2.14. The molecule has 2 rings (SSSR count). The average Bonchev–Trinajstić information content (AvgIpc) is 2.69. The summed E-state index contributed by atoms with van der Waals surface area (Å²) in [6, 6.07) is 10.6. The van der Waals surface area contributed by atoms with Crippen LogP contribution in [0.3, 0.4) is 0 Å². The van der Waals surface area contributed by atoms with Crippen LogP contribution in [0.4, 0.5) is 14.5 Å². The van der Waals surface area contributed by atoms with Crippen LogP contribution in [0.25, 0.3) is 0 Å². The van der Waals surface area contributed by atoms with E-state index in [4.69, 9.17) is 4.74 Å². The molecule has 0 aliphatic carbocycles. The van der Waals surface area contributed by atoms with Gasteiger partial charge in [-0.2, -0.15) is 0 Å². The fourth-order valence-corrected chi connectivity index (χ4v) is 2.54. The topological polar surface area (TPSA) is 75.7 Å². The van der Waals surface area contributed by atoms with Crippen molar-refractivity contribution < 1.29 is 27.9 Å². The molecule has 2 amide bonds. The van der Waals surface area contributed by atoms with Crippen molar-refractivity contribution in [2.45, 2.75) is 19.9 Å². The van der Waals surface area contributed by atoms with Crippen molar-refractivity contribution in [3.05, 3.63) is 65.7 Å². The minimum absolute atomic E-state index is 0.441. The van der Waals surface area contributed by atoms with Gasteiger partial charge in [0.1, 0.15) is 23.2 Å². The van der Waals surface area contributed by atoms with Gasteiger partial charge < -0.3 is 15.0 Å². The number of likely N-dealkylation sites (N-methyl/N-ethyl adjacent to an activating group) is 1. The SMILES string of the molecule is CC(C)[C@H](NC(=O)c1c(F)cccc1F)C(=O)OCC(=O)N(C)c1ccccc1. The second-order valence-corrected chi connectivity index (χ2v) is 6.69. The second kappa shape index (κ2) is 9.77. The van der Waals surface area contributed by atoms with Crippen molar-refractivity contribution in [1.29, 1.82) is 0 Å². The van der Waals surface area contributed by atoms with Gasteiger partial charge in [-0.05, 0) is 30.2 Å². The van der Waals surface area contributed by atoms with Gasteiger partial charge in [-0.1, -0.05) is 38.1 Å². The van der Waals surface area contributed by atoms with Crippen molar-refractivity contribution in [3.63, 3.8) is 0 Å². The summed E-state index contributed by atoms with van der Waals surface area (Å²) in [4.78, 5) is 38.2. The van der Waals surface area contributed by atoms with E-state index in [2.05, 4.69) is 5.32 Å². The monoisotopic (exact) mass is 404 g/mol. The summed E-state index contributed by atoms with van der Waals surface area (Å²) in [5.74, 6) is -4.96. The number of hydrogen-bond donors (Lipinski definition) is 1. The van der Waals surface area contributed by atoms with Gasteiger partial charge in [0.15, 0.2) is 6.61 Å². The van der Waals surface area contributed by atoms with Crippen molar-refractivity contribution in [2.24, 2.45) is 5.92 Å². The number of hydrogen-bond acceptors (Lipinski definition) is 4. The van der Waals surface area contributed by atoms with Crippen LogP contribution in [-0.4, -0.2) is 37.5 Å². The number of ether oxygens (including phenoxy) is 1. The number of rotatable bonds is 7. The average molecular weight is 404 g/mol. The molecule has 0 saturated heterocycles. The first-order valence-electron chi connectivity index (χ1n) is 8.95. The van der Waals surface area contributed by atoms with Crippen LogP contribution in [0.1, 0.15) is 24.2 Å². The number of halogens is 2. The van der Waals surface area contributed by atoms with Gasteiger partial charge in [-0.15, -0.1) is 0 Å². The maximum Gasteiger partial charge on any atom is 0.329 e. The second-order valence-electron chi connectivity index (χ2n) is 6.69. The predicted molar refractivity (Wildman–Crippen MR) is 103 cm³/mol. The van der Waals surface area contributed by atoms with Gasteiger partial charge >= 0.3 is 5.97 Å². The zero-order valence-corrected chi connectivity index (χ0v) is 16.3. The third kappa shape index (κ3) is 5.60. The Kier molecular flexibility index (Phi) is 7.41. The van der Waals surface area contributed by atoms with Crippen LogP contribution in [0.5, 0.6) is 0 Å². The fraction of sp³-hybridized carbons (Fsp3) is 0.286. The largest absolute Gasteiger partial charge is 0.454 e. The first-order valence-corrected chi connectivity index (χ1v) is 8.95. The maximum absolute atomic E-state index is 13.8. The lowest BCUT2D eigenvalue weighted by atomic mass is 10.0. The number of amides is 2. The highest BCUT2D eigenvalue weighted by molar-refractivity contribution is 5.98. The van der Waals surface area contributed by atoms with E-state index in [1.54, 1.807) is 44.2 Å². The molecule has 0 heterocycles. The van der Waals surface area contributed by atoms with E-state index in [9.17, 15) is 23.2 Å². The molecule has 1 N–H and O–H groups in total. The summed E-state index contributed by atoms with van der Waals surface area (Å²) >= 11 is 0. The number of esters is 1. The molecule has 0 aliphatic heterocycles. The summed E-state index contributed by atoms with van der Waals surface area (Å²) in [5, 5.41) is 2.28. The van der Waals surface area contributed by atoms with Crippen molar-refractivity contribution in [3.8, 4) is 0 Å². The molecule has 1 atom stereocenters. The highest BCUT2D eigenvalue weighted by Gasteiger charge is 2.29. The van der Waals surface area contributed by atoms with E-state index >= 15 is 0 Å². The Hall–Kier alpha value is -3.29. The van der Waals surface area contributed by atoms with E-state index in [1.807, 2.05) is 0 Å². The fourth-order valence-electron chi connectivity index (χ4n) is 2.54. The van der Waals surface area contributed by atoms with Crippen LogP contribution in [0, 0.1) is 17.6 Å². The molecular weight excluding hydrogens is 382 g/mol. The third-order valence-corrected chi connectivity index (χ3v) is 4.25. The summed E-state index contributed by atoms with van der Waals surface area (Å²) in [6.45, 7) is 2.71. The number of benzene rings is 2. The molecule has 154 valence electrons. The van der Waals surface area contributed by atoms with Gasteiger partial charge in [0.25, 0.3) is 11.8 Å². The minimum Gasteiger partial charge on any atom is -0.454 e. The van der Waals surface area contributed by atoms with E-state index in [0.29, 0.717) is 5.69 Å². The molecule has 8 heteroatoms. The van der Waals surface area contributed by atoms with Crippen LogP contribution in [-0.2, 0) is 14.3 Å². The number of para-hydroxylation sites is 1. The first-order chi connectivity index (χ1) is 13.7. The standard InChI is InChI=1S/C21H22F2N2O4/c1-13(2)19(24-20(27)18-15(22)10-7-11-16(18)23)21(28)29-12-17(26)25(3)14-8-5-4-6-9-14/h4-11,13,19H,12H2,1-3H3,(H,24,27)/t19-/m0/s1. The molecule has 2 aromatic rings. The first kappa shape index (κ1) is 22.0. The van der Waals surface area contributed by atoms with E-state index in [1.165, 1.54) is 11.9 Å². The molecule has 0 aliphatic rings. The Balaban J connectivity index is 2.02. The van der Waals surface area contributed by atoms with Crippen LogP contribution >= 0.6 is 0 Å². The summed E-state index contributed by atoms with van der Waals surface area (Å²) in [7, 11) is 1.54. The van der Waals surface area contributed by atoms with Gasteiger partial charge in [0.05, 0.1) is 0 Å². The molecule has 2 aromatic carbocycles. The predicted octanol–water partition coefficient (Wildman–Crippen LogP) is 2.93. The highest BCUT2D eigenvalue weighted by atomic mass is 19.1. The summed E-state index contributed by atoms with van der Waals surface area (Å²) < 4.78 is 32.6. The van der Waals surface area contributed by atoms with Crippen LogP contribution in [0.2, 0.25) is 0 Å². The van der Waals surface area contributed by atoms with Gasteiger partial charge in [-0.3, -0.25) is 9.59 Å². The van der Waals surface area contributed by atoms with Crippen molar-refractivity contribution >= 4 is 23.5 Å². The Bertz CT molecular complexity index is 867. The zero-order chi connectivity index (χ0) is 21.6. The molecule has 29 heavy (non-hydrogen) atoms. The van der Waals surface area contributed by atoms with Gasteiger partial charge in [0, 0.05) is 12.7 Å². The molecule has 6 nitrogen and oxygen atoms in total. The van der Waals surface area contributed by atoms with Gasteiger partial charge in [-0.25, -0.2) is 13.6 Å². The number of anilines is 1. The molecule has 0 spiro atoms. The Morgan fingerprint density at radius 1 is 1.00 bits per heavy atom. The summed E-state index contributed by atoms with van der Waals surface area (Å²) in [6.07, 6.45) is 0. The van der Waals surface area contributed by atoms with Crippen LogP contribution < -0.4 is 10.2 Å². The van der Waals surface area contributed by atoms with Crippen LogP contribution in [0.15, 0.2) is 48.5 Å². The molecule has 0 radical (unpaired) electrons. The Labute approximate surface area is 167 Å². The lowest BCUT2D eigenvalue weighted by Crippen LogP contribution is -2.46. The number of carbonyl (C=O) groups is 3. The number of nitrogens with zero attached hydrogens (tertiary/aromatic N) is 1. The third-order valence-electron chi connectivity index (χ3n) is 4.25. The van der Waals surface area contributed by atoms with E-state index in [-0.39, 0.29) is 0 Å². The Morgan fingerprint density at radius 2 is 1.59 bits per heavy atom.